The molecule has 7 nitrogen and oxygen atoms in total. The quantitative estimate of drug-likeness (QED) is 0.657. The van der Waals surface area contributed by atoms with Crippen LogP contribution in [0.4, 0.5) is 4.39 Å². The van der Waals surface area contributed by atoms with Crippen molar-refractivity contribution in [3.8, 4) is 17.3 Å². The predicted octanol–water partition coefficient (Wildman–Crippen LogP) is 3.57. The molecule has 1 saturated carbocycles. The van der Waals surface area contributed by atoms with E-state index in [1.165, 1.54) is 18.2 Å². The zero-order valence-corrected chi connectivity index (χ0v) is 16.7. The fourth-order valence-corrected chi connectivity index (χ4v) is 4.45. The molecule has 30 heavy (non-hydrogen) atoms. The molecule has 1 aliphatic carbocycles. The number of benzene rings is 1. The smallest absolute Gasteiger partial charge is 0.258 e. The van der Waals surface area contributed by atoms with Crippen molar-refractivity contribution in [2.24, 2.45) is 5.92 Å². The fraction of sp³-hybridized carbons (Fsp3) is 0.364. The maximum atomic E-state index is 13.9. The summed E-state index contributed by atoms with van der Waals surface area (Å²) in [7, 11) is 0. The number of rotatable bonds is 4. The van der Waals surface area contributed by atoms with Gasteiger partial charge >= 0.3 is 0 Å². The molecule has 0 spiro atoms. The molecule has 3 aromatic rings. The van der Waals surface area contributed by atoms with Crippen molar-refractivity contribution in [2.45, 2.75) is 38.8 Å². The van der Waals surface area contributed by atoms with E-state index in [4.69, 9.17) is 9.26 Å². The van der Waals surface area contributed by atoms with Crippen LogP contribution in [0.25, 0.3) is 11.5 Å². The first-order valence-corrected chi connectivity index (χ1v) is 9.98. The van der Waals surface area contributed by atoms with Crippen LogP contribution in [0, 0.1) is 25.6 Å². The first kappa shape index (κ1) is 18.7. The zero-order valence-electron chi connectivity index (χ0n) is 16.7. The van der Waals surface area contributed by atoms with Gasteiger partial charge in [0.15, 0.2) is 5.82 Å². The Bertz CT molecular complexity index is 1100. The van der Waals surface area contributed by atoms with Gasteiger partial charge in [-0.2, -0.15) is 4.98 Å². The lowest BCUT2D eigenvalue weighted by atomic mass is 10.0. The highest BCUT2D eigenvalue weighted by molar-refractivity contribution is 6.00. The lowest BCUT2D eigenvalue weighted by Crippen LogP contribution is -2.47. The molecule has 1 aliphatic heterocycles. The van der Waals surface area contributed by atoms with Gasteiger partial charge in [-0.05, 0) is 56.4 Å². The molecular formula is C22H21FN4O3. The number of hydrogen-bond donors (Lipinski definition) is 0. The minimum absolute atomic E-state index is 0.0482. The number of fused-ring (bicyclic) bond motifs is 2. The minimum atomic E-state index is -0.466. The van der Waals surface area contributed by atoms with Crippen molar-refractivity contribution in [1.29, 1.82) is 0 Å². The van der Waals surface area contributed by atoms with E-state index in [0.29, 0.717) is 35.3 Å². The summed E-state index contributed by atoms with van der Waals surface area (Å²) in [5.74, 6) is 0.854. The van der Waals surface area contributed by atoms with Crippen molar-refractivity contribution in [1.82, 2.24) is 20.0 Å². The highest BCUT2D eigenvalue weighted by Gasteiger charge is 2.48. The number of piperidine rings is 1. The Morgan fingerprint density at radius 2 is 2.10 bits per heavy atom. The summed E-state index contributed by atoms with van der Waals surface area (Å²) in [4.78, 5) is 23.8. The molecule has 0 N–H and O–H groups in total. The van der Waals surface area contributed by atoms with Gasteiger partial charge in [0, 0.05) is 18.8 Å². The zero-order chi connectivity index (χ0) is 20.8. The van der Waals surface area contributed by atoms with Crippen molar-refractivity contribution in [3.05, 3.63) is 59.3 Å². The molecule has 154 valence electrons. The van der Waals surface area contributed by atoms with Gasteiger partial charge < -0.3 is 14.2 Å². The molecule has 1 saturated heterocycles. The molecule has 1 aromatic carbocycles. The number of hydrogen-bond acceptors (Lipinski definition) is 6. The Balaban J connectivity index is 1.41. The van der Waals surface area contributed by atoms with Crippen LogP contribution < -0.4 is 4.74 Å². The van der Waals surface area contributed by atoms with Crippen LogP contribution in [0.5, 0.6) is 5.88 Å². The number of amides is 1. The topological polar surface area (TPSA) is 81.4 Å². The minimum Gasteiger partial charge on any atom is -0.472 e. The maximum absolute atomic E-state index is 13.9. The second-order valence-corrected chi connectivity index (χ2v) is 8.03. The van der Waals surface area contributed by atoms with Gasteiger partial charge in [0.25, 0.3) is 11.8 Å². The molecule has 2 bridgehead atoms. The molecule has 5 rings (SSSR count). The number of carbonyl (C=O) groups is 1. The fourth-order valence-electron chi connectivity index (χ4n) is 4.45. The van der Waals surface area contributed by atoms with Crippen LogP contribution in [0.2, 0.25) is 0 Å². The number of ether oxygens (including phenoxy) is 1. The van der Waals surface area contributed by atoms with Gasteiger partial charge in [0.05, 0.1) is 17.2 Å². The van der Waals surface area contributed by atoms with Crippen LogP contribution in [-0.4, -0.2) is 44.6 Å². The van der Waals surface area contributed by atoms with E-state index < -0.39 is 5.82 Å². The summed E-state index contributed by atoms with van der Waals surface area (Å²) in [5.41, 5.74) is 1.72. The lowest BCUT2D eigenvalue weighted by Gasteiger charge is -2.33. The SMILES string of the molecule is Cc1ccc(OC2CC3CC2N(C(=O)c2ccc(F)cc2-c2nc(C)no2)C3)nc1. The number of nitrogens with zero attached hydrogens (tertiary/aromatic N) is 4. The van der Waals surface area contributed by atoms with Crippen molar-refractivity contribution < 1.29 is 18.4 Å². The first-order valence-electron chi connectivity index (χ1n) is 9.98. The van der Waals surface area contributed by atoms with Crippen molar-refractivity contribution >= 4 is 5.91 Å². The molecule has 2 aromatic heterocycles. The van der Waals surface area contributed by atoms with Gasteiger partial charge in [-0.25, -0.2) is 9.37 Å². The molecular weight excluding hydrogens is 387 g/mol. The largest absolute Gasteiger partial charge is 0.472 e. The summed E-state index contributed by atoms with van der Waals surface area (Å²) in [6, 6.07) is 7.78. The number of aryl methyl sites for hydroxylation is 2. The van der Waals surface area contributed by atoms with E-state index in [-0.39, 0.29) is 23.9 Å². The Kier molecular flexibility index (Phi) is 4.49. The summed E-state index contributed by atoms with van der Waals surface area (Å²) in [5, 5.41) is 3.76. The molecule has 1 amide bonds. The number of pyridine rings is 1. The third-order valence-corrected chi connectivity index (χ3v) is 5.81. The van der Waals surface area contributed by atoms with Crippen LogP contribution in [0.1, 0.15) is 34.6 Å². The Hall–Kier alpha value is -3.29. The summed E-state index contributed by atoms with van der Waals surface area (Å²) < 4.78 is 25.2. The Morgan fingerprint density at radius 1 is 1.23 bits per heavy atom. The summed E-state index contributed by atoms with van der Waals surface area (Å²) in [6.07, 6.45) is 3.43. The molecule has 0 radical (unpaired) electrons. The van der Waals surface area contributed by atoms with E-state index in [1.807, 2.05) is 24.0 Å². The van der Waals surface area contributed by atoms with Crippen LogP contribution >= 0.6 is 0 Å². The number of halogens is 1. The van der Waals surface area contributed by atoms with Gasteiger partial charge in [-0.15, -0.1) is 0 Å². The third kappa shape index (κ3) is 3.32. The van der Waals surface area contributed by atoms with Crippen molar-refractivity contribution in [2.75, 3.05) is 6.54 Å². The van der Waals surface area contributed by atoms with E-state index >= 15 is 0 Å². The third-order valence-electron chi connectivity index (χ3n) is 5.81. The molecule has 3 unspecified atom stereocenters. The predicted molar refractivity (Wildman–Crippen MR) is 105 cm³/mol. The highest BCUT2D eigenvalue weighted by atomic mass is 19.1. The molecule has 3 atom stereocenters. The second kappa shape index (κ2) is 7.19. The maximum Gasteiger partial charge on any atom is 0.258 e. The van der Waals surface area contributed by atoms with Gasteiger partial charge in [0.2, 0.25) is 5.88 Å². The Morgan fingerprint density at radius 3 is 2.80 bits per heavy atom. The number of carbonyl (C=O) groups excluding carboxylic acids is 1. The van der Waals surface area contributed by atoms with Crippen molar-refractivity contribution in [3.63, 3.8) is 0 Å². The molecule has 2 fully saturated rings. The molecule has 2 aliphatic rings. The monoisotopic (exact) mass is 408 g/mol. The van der Waals surface area contributed by atoms with E-state index in [2.05, 4.69) is 15.1 Å². The van der Waals surface area contributed by atoms with Gasteiger partial charge in [-0.3, -0.25) is 4.79 Å². The average molecular weight is 408 g/mol. The number of likely N-dealkylation sites (tertiary alicyclic amines) is 1. The van der Waals surface area contributed by atoms with E-state index in [0.717, 1.165) is 18.4 Å². The van der Waals surface area contributed by atoms with Crippen LogP contribution in [-0.2, 0) is 0 Å². The second-order valence-electron chi connectivity index (χ2n) is 8.03. The molecule has 3 heterocycles. The molecule has 8 heteroatoms. The standard InChI is InChI=1S/C22H21FN4O3/c1-12-3-6-20(24-10-12)29-19-8-14-7-18(19)27(11-14)22(28)16-5-4-15(23)9-17(16)21-25-13(2)26-30-21/h3-6,9-10,14,18-19H,7-8,11H2,1-2H3. The van der Waals surface area contributed by atoms with E-state index in [9.17, 15) is 9.18 Å². The average Bonchev–Trinajstić information content (AvgIpc) is 3.45. The van der Waals surface area contributed by atoms with Gasteiger partial charge in [-0.1, -0.05) is 11.2 Å². The first-order chi connectivity index (χ1) is 14.5. The lowest BCUT2D eigenvalue weighted by molar-refractivity contribution is 0.0467. The van der Waals surface area contributed by atoms with Crippen LogP contribution in [0.15, 0.2) is 41.1 Å². The number of aromatic nitrogens is 3. The van der Waals surface area contributed by atoms with Crippen LogP contribution in [0.3, 0.4) is 0 Å². The Labute approximate surface area is 172 Å². The normalized spacial score (nSPS) is 22.5. The summed E-state index contributed by atoms with van der Waals surface area (Å²) in [6.45, 7) is 4.30. The van der Waals surface area contributed by atoms with Gasteiger partial charge in [0.1, 0.15) is 11.9 Å². The summed E-state index contributed by atoms with van der Waals surface area (Å²) >= 11 is 0. The highest BCUT2D eigenvalue weighted by Crippen LogP contribution is 2.41. The van der Waals surface area contributed by atoms with E-state index in [1.54, 1.807) is 13.1 Å².